The fourth-order valence-corrected chi connectivity index (χ4v) is 5.87. The number of ether oxygens (including phenoxy) is 3. The van der Waals surface area contributed by atoms with Gasteiger partial charge in [0, 0.05) is 50.9 Å². The highest BCUT2D eigenvalue weighted by atomic mass is 19.1. The Hall–Kier alpha value is -4.58. The van der Waals surface area contributed by atoms with Gasteiger partial charge in [-0.25, -0.2) is 14.4 Å². The second-order valence-electron chi connectivity index (χ2n) is 11.6. The SMILES string of the molecule is COc1nc(Nc2nccc(-c3ccc(O[C@H]4CCN(C(=O)[C@H](C)O)C[C@@H]4F)c(C#N)c3)n2)ccc1N1CCN(C2COC2)CC1. The van der Waals surface area contributed by atoms with E-state index in [1.54, 1.807) is 37.6 Å². The molecule has 0 spiro atoms. The first-order valence-corrected chi connectivity index (χ1v) is 15.4. The van der Waals surface area contributed by atoms with Gasteiger partial charge in [-0.1, -0.05) is 0 Å². The summed E-state index contributed by atoms with van der Waals surface area (Å²) in [6, 6.07) is 13.2. The maximum atomic E-state index is 14.9. The molecule has 5 heterocycles. The first-order chi connectivity index (χ1) is 22.3. The number of hydrogen-bond acceptors (Lipinski definition) is 12. The van der Waals surface area contributed by atoms with Crippen molar-refractivity contribution in [3.63, 3.8) is 0 Å². The first-order valence-electron chi connectivity index (χ1n) is 15.4. The van der Waals surface area contributed by atoms with E-state index in [0.717, 1.165) is 45.1 Å². The molecular formula is C32H37FN8O5. The third kappa shape index (κ3) is 6.81. The molecule has 2 aromatic heterocycles. The molecule has 3 saturated heterocycles. The van der Waals surface area contributed by atoms with Gasteiger partial charge in [0.1, 0.15) is 35.5 Å². The summed E-state index contributed by atoms with van der Waals surface area (Å²) in [5.41, 5.74) is 2.37. The molecule has 3 aromatic rings. The zero-order chi connectivity index (χ0) is 32.2. The molecule has 3 fully saturated rings. The molecule has 3 aliphatic rings. The number of piperidine rings is 1. The number of aliphatic hydroxyl groups excluding tert-OH is 1. The predicted molar refractivity (Wildman–Crippen MR) is 167 cm³/mol. The molecule has 0 saturated carbocycles. The average Bonchev–Trinajstić information content (AvgIpc) is 3.05. The Morgan fingerprint density at radius 3 is 2.63 bits per heavy atom. The average molecular weight is 633 g/mol. The number of alkyl halides is 1. The van der Waals surface area contributed by atoms with Crippen molar-refractivity contribution in [2.24, 2.45) is 0 Å². The van der Waals surface area contributed by atoms with Crippen molar-refractivity contribution in [1.29, 1.82) is 5.26 Å². The summed E-state index contributed by atoms with van der Waals surface area (Å²) in [4.78, 5) is 31.7. The van der Waals surface area contributed by atoms with Gasteiger partial charge >= 0.3 is 0 Å². The monoisotopic (exact) mass is 632 g/mol. The second kappa shape index (κ2) is 13.8. The molecule has 13 nitrogen and oxygen atoms in total. The third-order valence-corrected chi connectivity index (χ3v) is 8.55. The van der Waals surface area contributed by atoms with Crippen molar-refractivity contribution < 1.29 is 28.5 Å². The van der Waals surface area contributed by atoms with E-state index in [1.165, 1.54) is 11.8 Å². The van der Waals surface area contributed by atoms with Crippen LogP contribution >= 0.6 is 0 Å². The number of pyridine rings is 1. The number of rotatable bonds is 9. The molecule has 14 heteroatoms. The molecule has 3 atom stereocenters. The summed E-state index contributed by atoms with van der Waals surface area (Å²) in [6.45, 7) is 6.72. The van der Waals surface area contributed by atoms with Crippen LogP contribution in [0.15, 0.2) is 42.6 Å². The Balaban J connectivity index is 1.11. The van der Waals surface area contributed by atoms with Gasteiger partial charge in [-0.2, -0.15) is 10.2 Å². The predicted octanol–water partition coefficient (Wildman–Crippen LogP) is 2.38. The van der Waals surface area contributed by atoms with E-state index in [0.29, 0.717) is 34.9 Å². The van der Waals surface area contributed by atoms with Gasteiger partial charge in [0.15, 0.2) is 6.17 Å². The number of carbonyl (C=O) groups excluding carboxylic acids is 1. The third-order valence-electron chi connectivity index (χ3n) is 8.55. The van der Waals surface area contributed by atoms with Crippen molar-refractivity contribution in [2.75, 3.05) is 69.8 Å². The molecule has 0 bridgehead atoms. The molecule has 242 valence electrons. The molecule has 0 unspecified atom stereocenters. The number of methoxy groups -OCH3 is 1. The minimum absolute atomic E-state index is 0.178. The topological polar surface area (TPSA) is 149 Å². The minimum atomic E-state index is -1.46. The summed E-state index contributed by atoms with van der Waals surface area (Å²) in [5, 5.41) is 22.5. The van der Waals surface area contributed by atoms with Crippen molar-refractivity contribution in [3.8, 4) is 29.0 Å². The van der Waals surface area contributed by atoms with E-state index in [1.807, 2.05) is 12.1 Å². The molecule has 0 aliphatic carbocycles. The van der Waals surface area contributed by atoms with Gasteiger partial charge in [-0.15, -0.1) is 0 Å². The standard InChI is InChI=1S/C32H37FN8O5/c1-20(42)31(43)41-10-8-28(24(33)17-41)46-27-5-3-21(15-22(27)16-34)25-7-9-35-32(36-25)38-29-6-4-26(30(37-29)44-2)40-13-11-39(12-14-40)23-18-45-19-23/h3-7,9,15,20,23-24,28,42H,8,10-14,17-19H2,1-2H3,(H,35,36,37,38)/t20-,24-,28-/m0/s1. The number of hydrogen-bond donors (Lipinski definition) is 2. The number of anilines is 3. The van der Waals surface area contributed by atoms with E-state index >= 15 is 0 Å². The van der Waals surface area contributed by atoms with Crippen LogP contribution in [0.4, 0.5) is 21.8 Å². The number of benzene rings is 1. The number of nitrogens with zero attached hydrogens (tertiary/aromatic N) is 7. The Kier molecular flexibility index (Phi) is 9.43. The summed E-state index contributed by atoms with van der Waals surface area (Å²) >= 11 is 0. The fourth-order valence-electron chi connectivity index (χ4n) is 5.87. The lowest BCUT2D eigenvalue weighted by molar-refractivity contribution is -0.143. The Morgan fingerprint density at radius 2 is 1.96 bits per heavy atom. The van der Waals surface area contributed by atoms with E-state index in [-0.39, 0.29) is 30.8 Å². The van der Waals surface area contributed by atoms with Gasteiger partial charge in [0.05, 0.1) is 44.2 Å². The quantitative estimate of drug-likeness (QED) is 0.357. The number of aliphatic hydroxyl groups is 1. The number of nitriles is 1. The number of carbonyl (C=O) groups is 1. The lowest BCUT2D eigenvalue weighted by atomic mass is 10.0. The number of likely N-dealkylation sites (tertiary alicyclic amines) is 1. The van der Waals surface area contributed by atoms with E-state index < -0.39 is 24.3 Å². The summed E-state index contributed by atoms with van der Waals surface area (Å²) in [7, 11) is 1.60. The van der Waals surface area contributed by atoms with Crippen molar-refractivity contribution >= 4 is 23.4 Å². The molecule has 1 aromatic carbocycles. The zero-order valence-corrected chi connectivity index (χ0v) is 25.8. The lowest BCUT2D eigenvalue weighted by Crippen LogP contribution is -2.56. The molecule has 1 amide bonds. The first kappa shape index (κ1) is 31.4. The summed E-state index contributed by atoms with van der Waals surface area (Å²) in [5.74, 6) is 1.07. The fraction of sp³-hybridized carbons (Fsp3) is 0.469. The lowest BCUT2D eigenvalue weighted by Gasteiger charge is -2.43. The van der Waals surface area contributed by atoms with Gasteiger partial charge in [0.25, 0.3) is 5.91 Å². The largest absolute Gasteiger partial charge is 0.486 e. The normalized spacial score (nSPS) is 21.2. The number of piperazine rings is 1. The van der Waals surface area contributed by atoms with Gasteiger partial charge in [0.2, 0.25) is 11.8 Å². The zero-order valence-electron chi connectivity index (χ0n) is 25.8. The van der Waals surface area contributed by atoms with E-state index in [2.05, 4.69) is 36.1 Å². The van der Waals surface area contributed by atoms with Gasteiger partial charge in [-0.3, -0.25) is 9.69 Å². The van der Waals surface area contributed by atoms with Crippen LogP contribution in [0.3, 0.4) is 0 Å². The summed E-state index contributed by atoms with van der Waals surface area (Å²) < 4.78 is 31.8. The maximum absolute atomic E-state index is 14.9. The molecule has 3 aliphatic heterocycles. The maximum Gasteiger partial charge on any atom is 0.251 e. The number of halogens is 1. The van der Waals surface area contributed by atoms with Gasteiger partial charge in [-0.05, 0) is 43.3 Å². The van der Waals surface area contributed by atoms with Crippen molar-refractivity contribution in [2.45, 2.75) is 37.8 Å². The van der Waals surface area contributed by atoms with Crippen LogP contribution in [-0.4, -0.2) is 120 Å². The number of amides is 1. The number of nitrogens with one attached hydrogen (secondary N) is 1. The van der Waals surface area contributed by atoms with Gasteiger partial charge < -0.3 is 34.4 Å². The van der Waals surface area contributed by atoms with Crippen LogP contribution in [-0.2, 0) is 9.53 Å². The molecule has 0 radical (unpaired) electrons. The van der Waals surface area contributed by atoms with E-state index in [9.17, 15) is 19.6 Å². The van der Waals surface area contributed by atoms with E-state index in [4.69, 9.17) is 14.2 Å². The van der Waals surface area contributed by atoms with Crippen LogP contribution in [0.2, 0.25) is 0 Å². The van der Waals surface area contributed by atoms with Crippen LogP contribution < -0.4 is 19.7 Å². The Labute approximate surface area is 266 Å². The number of aromatic nitrogens is 3. The summed E-state index contributed by atoms with van der Waals surface area (Å²) in [6.07, 6.45) is -1.63. The van der Waals surface area contributed by atoms with Crippen molar-refractivity contribution in [1.82, 2.24) is 24.8 Å². The minimum Gasteiger partial charge on any atom is -0.486 e. The highest BCUT2D eigenvalue weighted by Crippen LogP contribution is 2.32. The van der Waals surface area contributed by atoms with Crippen LogP contribution in [0, 0.1) is 11.3 Å². The molecule has 46 heavy (non-hydrogen) atoms. The van der Waals surface area contributed by atoms with Crippen LogP contribution in [0.5, 0.6) is 11.6 Å². The van der Waals surface area contributed by atoms with Crippen molar-refractivity contribution in [3.05, 3.63) is 48.2 Å². The molecule has 2 N–H and O–H groups in total. The molecule has 6 rings (SSSR count). The van der Waals surface area contributed by atoms with Crippen LogP contribution in [0.1, 0.15) is 18.9 Å². The smallest absolute Gasteiger partial charge is 0.251 e. The highest BCUT2D eigenvalue weighted by molar-refractivity contribution is 5.80. The molecular weight excluding hydrogens is 595 g/mol. The Morgan fingerprint density at radius 1 is 1.15 bits per heavy atom. The van der Waals surface area contributed by atoms with Crippen LogP contribution in [0.25, 0.3) is 11.3 Å². The highest BCUT2D eigenvalue weighted by Gasteiger charge is 2.34. The Bertz CT molecular complexity index is 1590. The second-order valence-corrected chi connectivity index (χ2v) is 11.6.